The van der Waals surface area contributed by atoms with E-state index < -0.39 is 0 Å². The number of benzene rings is 1. The smallest absolute Gasteiger partial charge is 0.315 e. The Hall–Kier alpha value is -1.56. The Balaban J connectivity index is 2.67. The summed E-state index contributed by atoms with van der Waals surface area (Å²) in [7, 11) is 0. The molecule has 0 heterocycles. The van der Waals surface area contributed by atoms with Gasteiger partial charge in [0.15, 0.2) is 0 Å². The Kier molecular flexibility index (Phi) is 6.68. The lowest BCUT2D eigenvalue weighted by atomic mass is 10.2. The molecule has 2 N–H and O–H groups in total. The number of anilines is 1. The second-order valence-electron chi connectivity index (χ2n) is 5.16. The first-order chi connectivity index (χ1) is 9.81. The number of halogens is 1. The quantitative estimate of drug-likeness (QED) is 0.852. The van der Waals surface area contributed by atoms with Crippen LogP contribution in [-0.4, -0.2) is 31.1 Å². The molecule has 6 heteroatoms. The number of carbonyl (C=O) groups is 2. The summed E-state index contributed by atoms with van der Waals surface area (Å²) in [5, 5.41) is 5.49. The van der Waals surface area contributed by atoms with E-state index in [2.05, 4.69) is 26.6 Å². The van der Waals surface area contributed by atoms with Gasteiger partial charge in [-0.3, -0.25) is 4.79 Å². The van der Waals surface area contributed by atoms with Crippen molar-refractivity contribution in [2.75, 3.05) is 18.0 Å². The zero-order chi connectivity index (χ0) is 16.0. The molecule has 21 heavy (non-hydrogen) atoms. The van der Waals surface area contributed by atoms with Crippen LogP contribution >= 0.6 is 15.9 Å². The molecule has 5 nitrogen and oxygen atoms in total. The standard InChI is InChI=1S/C15H22BrN3O2/c1-10(2)18-15(21)17-7-8-19(12(4)20)14-6-5-13(16)9-11(14)3/h5-6,9-10H,7-8H2,1-4H3,(H2,17,18,21). The molecule has 1 aromatic rings. The minimum Gasteiger partial charge on any atom is -0.336 e. The number of aryl methyl sites for hydroxylation is 1. The van der Waals surface area contributed by atoms with Crippen molar-refractivity contribution >= 4 is 33.6 Å². The molecule has 0 aliphatic heterocycles. The molecule has 1 rings (SSSR count). The molecular formula is C15H22BrN3O2. The number of amides is 3. The van der Waals surface area contributed by atoms with Crippen LogP contribution in [0.2, 0.25) is 0 Å². The molecule has 116 valence electrons. The normalized spacial score (nSPS) is 10.4. The van der Waals surface area contributed by atoms with Crippen molar-refractivity contribution in [2.45, 2.75) is 33.7 Å². The lowest BCUT2D eigenvalue weighted by molar-refractivity contribution is -0.116. The molecule has 0 atom stereocenters. The maximum absolute atomic E-state index is 11.8. The summed E-state index contributed by atoms with van der Waals surface area (Å²) in [6, 6.07) is 5.62. The predicted octanol–water partition coefficient (Wildman–Crippen LogP) is 2.82. The Morgan fingerprint density at radius 1 is 1.33 bits per heavy atom. The van der Waals surface area contributed by atoms with Crippen LogP contribution in [-0.2, 0) is 4.79 Å². The molecule has 0 aliphatic carbocycles. The van der Waals surface area contributed by atoms with Crippen LogP contribution in [0.25, 0.3) is 0 Å². The van der Waals surface area contributed by atoms with E-state index >= 15 is 0 Å². The number of rotatable bonds is 5. The average Bonchev–Trinajstić information content (AvgIpc) is 2.34. The number of hydrogen-bond donors (Lipinski definition) is 2. The first kappa shape index (κ1) is 17.5. The molecule has 0 saturated carbocycles. The van der Waals surface area contributed by atoms with Gasteiger partial charge in [-0.25, -0.2) is 4.79 Å². The van der Waals surface area contributed by atoms with Crippen LogP contribution in [0, 0.1) is 6.92 Å². The lowest BCUT2D eigenvalue weighted by Gasteiger charge is -2.23. The van der Waals surface area contributed by atoms with Crippen molar-refractivity contribution in [3.8, 4) is 0 Å². The van der Waals surface area contributed by atoms with E-state index in [1.165, 1.54) is 6.92 Å². The summed E-state index contributed by atoms with van der Waals surface area (Å²) in [6.45, 7) is 8.10. The van der Waals surface area contributed by atoms with Crippen molar-refractivity contribution < 1.29 is 9.59 Å². The van der Waals surface area contributed by atoms with E-state index in [0.29, 0.717) is 13.1 Å². The maximum Gasteiger partial charge on any atom is 0.315 e. The fourth-order valence-electron chi connectivity index (χ4n) is 1.96. The predicted molar refractivity (Wildman–Crippen MR) is 88.6 cm³/mol. The Bertz CT molecular complexity index is 518. The largest absolute Gasteiger partial charge is 0.336 e. The molecule has 0 spiro atoms. The molecule has 0 radical (unpaired) electrons. The molecule has 3 amide bonds. The number of hydrogen-bond acceptors (Lipinski definition) is 2. The van der Waals surface area contributed by atoms with Crippen LogP contribution in [0.1, 0.15) is 26.3 Å². The number of carbonyl (C=O) groups excluding carboxylic acids is 2. The fourth-order valence-corrected chi connectivity index (χ4v) is 2.44. The first-order valence-corrected chi connectivity index (χ1v) is 7.69. The zero-order valence-electron chi connectivity index (χ0n) is 12.9. The molecule has 0 aliphatic rings. The number of nitrogens with zero attached hydrogens (tertiary/aromatic N) is 1. The molecule has 0 aromatic heterocycles. The van der Waals surface area contributed by atoms with Gasteiger partial charge in [-0.1, -0.05) is 15.9 Å². The third-order valence-electron chi connectivity index (χ3n) is 2.87. The second kappa shape index (κ2) is 8.02. The first-order valence-electron chi connectivity index (χ1n) is 6.90. The fraction of sp³-hybridized carbons (Fsp3) is 0.467. The van der Waals surface area contributed by atoms with Gasteiger partial charge < -0.3 is 15.5 Å². The third kappa shape index (κ3) is 5.75. The van der Waals surface area contributed by atoms with Gasteiger partial charge in [0, 0.05) is 36.2 Å². The summed E-state index contributed by atoms with van der Waals surface area (Å²) in [5.41, 5.74) is 1.86. The summed E-state index contributed by atoms with van der Waals surface area (Å²) in [5.74, 6) is -0.0495. The maximum atomic E-state index is 11.8. The monoisotopic (exact) mass is 355 g/mol. The average molecular weight is 356 g/mol. The number of nitrogens with one attached hydrogen (secondary N) is 2. The Morgan fingerprint density at radius 2 is 2.00 bits per heavy atom. The van der Waals surface area contributed by atoms with E-state index in [1.54, 1.807) is 4.90 Å². The summed E-state index contributed by atoms with van der Waals surface area (Å²) >= 11 is 3.41. The SMILES string of the molecule is CC(=O)N(CCNC(=O)NC(C)C)c1ccc(Br)cc1C. The highest BCUT2D eigenvalue weighted by molar-refractivity contribution is 9.10. The molecule has 0 saturated heterocycles. The van der Waals surface area contributed by atoms with Crippen molar-refractivity contribution in [3.63, 3.8) is 0 Å². The minimum absolute atomic E-state index is 0.0495. The summed E-state index contributed by atoms with van der Waals surface area (Å²) in [6.07, 6.45) is 0. The van der Waals surface area contributed by atoms with Crippen LogP contribution in [0.3, 0.4) is 0 Å². The molecule has 1 aromatic carbocycles. The van der Waals surface area contributed by atoms with E-state index in [-0.39, 0.29) is 18.0 Å². The lowest BCUT2D eigenvalue weighted by Crippen LogP contribution is -2.43. The molecule has 0 bridgehead atoms. The summed E-state index contributed by atoms with van der Waals surface area (Å²) in [4.78, 5) is 25.0. The number of urea groups is 1. The van der Waals surface area contributed by atoms with Gasteiger partial charge in [0.05, 0.1) is 0 Å². The van der Waals surface area contributed by atoms with Crippen LogP contribution in [0.4, 0.5) is 10.5 Å². The van der Waals surface area contributed by atoms with E-state index in [0.717, 1.165) is 15.7 Å². The Morgan fingerprint density at radius 3 is 2.52 bits per heavy atom. The van der Waals surface area contributed by atoms with Gasteiger partial charge in [-0.05, 0) is 44.5 Å². The zero-order valence-corrected chi connectivity index (χ0v) is 14.5. The van der Waals surface area contributed by atoms with Crippen LogP contribution in [0.5, 0.6) is 0 Å². The molecular weight excluding hydrogens is 334 g/mol. The minimum atomic E-state index is -0.221. The van der Waals surface area contributed by atoms with E-state index in [4.69, 9.17) is 0 Å². The van der Waals surface area contributed by atoms with Crippen molar-refractivity contribution in [2.24, 2.45) is 0 Å². The Labute approximate surface area is 134 Å². The second-order valence-corrected chi connectivity index (χ2v) is 6.07. The van der Waals surface area contributed by atoms with Gasteiger partial charge in [0.25, 0.3) is 0 Å². The van der Waals surface area contributed by atoms with Crippen LogP contribution in [0.15, 0.2) is 22.7 Å². The van der Waals surface area contributed by atoms with Gasteiger partial charge >= 0.3 is 6.03 Å². The van der Waals surface area contributed by atoms with E-state index in [9.17, 15) is 9.59 Å². The van der Waals surface area contributed by atoms with Crippen molar-refractivity contribution in [1.82, 2.24) is 10.6 Å². The highest BCUT2D eigenvalue weighted by Gasteiger charge is 2.14. The van der Waals surface area contributed by atoms with Gasteiger partial charge in [-0.2, -0.15) is 0 Å². The summed E-state index contributed by atoms with van der Waals surface area (Å²) < 4.78 is 0.974. The van der Waals surface area contributed by atoms with E-state index in [1.807, 2.05) is 39.0 Å². The van der Waals surface area contributed by atoms with Crippen molar-refractivity contribution in [1.29, 1.82) is 0 Å². The van der Waals surface area contributed by atoms with Crippen LogP contribution < -0.4 is 15.5 Å². The topological polar surface area (TPSA) is 61.4 Å². The van der Waals surface area contributed by atoms with Crippen molar-refractivity contribution in [3.05, 3.63) is 28.2 Å². The third-order valence-corrected chi connectivity index (χ3v) is 3.36. The highest BCUT2D eigenvalue weighted by atomic mass is 79.9. The highest BCUT2D eigenvalue weighted by Crippen LogP contribution is 2.23. The van der Waals surface area contributed by atoms with Gasteiger partial charge in [0.2, 0.25) is 5.91 Å². The van der Waals surface area contributed by atoms with Gasteiger partial charge in [0.1, 0.15) is 0 Å². The van der Waals surface area contributed by atoms with Gasteiger partial charge in [-0.15, -0.1) is 0 Å². The molecule has 0 unspecified atom stereocenters. The molecule has 0 fully saturated rings.